The number of hydrogen-bond acceptors (Lipinski definition) is 5. The molecule has 0 spiro atoms. The van der Waals surface area contributed by atoms with Crippen molar-refractivity contribution in [3.05, 3.63) is 29.8 Å². The predicted octanol–water partition coefficient (Wildman–Crippen LogP) is 1.31. The molecule has 6 nitrogen and oxygen atoms in total. The lowest BCUT2D eigenvalue weighted by Crippen LogP contribution is -2.53. The van der Waals surface area contributed by atoms with Crippen LogP contribution in [0.4, 0.5) is 0 Å². The van der Waals surface area contributed by atoms with Crippen LogP contribution in [0.25, 0.3) is 0 Å². The average molecular weight is 362 g/mol. The number of para-hydroxylation sites is 1. The number of benzene rings is 1. The summed E-state index contributed by atoms with van der Waals surface area (Å²) in [5.41, 5.74) is 0.0442. The second kappa shape index (κ2) is 8.84. The van der Waals surface area contributed by atoms with Crippen LogP contribution in [0.1, 0.15) is 24.8 Å². The molecule has 1 N–H and O–H groups in total. The molecule has 0 saturated carbocycles. The summed E-state index contributed by atoms with van der Waals surface area (Å²) in [4.78, 5) is 16.8. The Balaban J connectivity index is 1.58. The highest BCUT2D eigenvalue weighted by atomic mass is 16.5. The highest BCUT2D eigenvalue weighted by molar-refractivity contribution is 5.76. The van der Waals surface area contributed by atoms with Crippen molar-refractivity contribution >= 4 is 5.91 Å². The number of β-amino-alcohol motifs (C(OH)–C–C–N with tert-alkyl or cyclic N) is 1. The largest absolute Gasteiger partial charge is 0.496 e. The van der Waals surface area contributed by atoms with Crippen LogP contribution < -0.4 is 4.74 Å². The van der Waals surface area contributed by atoms with E-state index in [9.17, 15) is 9.90 Å². The zero-order valence-electron chi connectivity index (χ0n) is 15.7. The molecule has 26 heavy (non-hydrogen) atoms. The van der Waals surface area contributed by atoms with Crippen LogP contribution in [0.15, 0.2) is 24.3 Å². The van der Waals surface area contributed by atoms with E-state index < -0.39 is 5.60 Å². The van der Waals surface area contributed by atoms with Crippen molar-refractivity contribution in [2.24, 2.45) is 0 Å². The molecule has 1 aromatic rings. The van der Waals surface area contributed by atoms with E-state index in [1.165, 1.54) is 12.8 Å². The van der Waals surface area contributed by atoms with E-state index in [0.29, 0.717) is 45.7 Å². The van der Waals surface area contributed by atoms with Crippen molar-refractivity contribution in [3.8, 4) is 5.75 Å². The number of likely N-dealkylation sites (tertiary alicyclic amines) is 1. The van der Waals surface area contributed by atoms with Gasteiger partial charge in [0.1, 0.15) is 11.4 Å². The van der Waals surface area contributed by atoms with Gasteiger partial charge < -0.3 is 24.4 Å². The maximum atomic E-state index is 12.8. The second-order valence-electron chi connectivity index (χ2n) is 7.39. The molecular weight excluding hydrogens is 332 g/mol. The fraction of sp³-hybridized carbons (Fsp3) is 0.650. The Morgan fingerprint density at radius 3 is 2.81 bits per heavy atom. The molecule has 0 radical (unpaired) electrons. The Morgan fingerprint density at radius 1 is 1.27 bits per heavy atom. The molecule has 0 bridgehead atoms. The predicted molar refractivity (Wildman–Crippen MR) is 99.3 cm³/mol. The first-order valence-electron chi connectivity index (χ1n) is 9.52. The Morgan fingerprint density at radius 2 is 2.04 bits per heavy atom. The van der Waals surface area contributed by atoms with Gasteiger partial charge in [0.2, 0.25) is 5.91 Å². The summed E-state index contributed by atoms with van der Waals surface area (Å²) in [5.74, 6) is 0.867. The fourth-order valence-corrected chi connectivity index (χ4v) is 3.89. The van der Waals surface area contributed by atoms with Crippen molar-refractivity contribution in [2.45, 2.75) is 31.3 Å². The van der Waals surface area contributed by atoms with Gasteiger partial charge in [-0.05, 0) is 44.0 Å². The van der Waals surface area contributed by atoms with Crippen LogP contribution in [-0.4, -0.2) is 79.5 Å². The van der Waals surface area contributed by atoms with E-state index in [1.54, 1.807) is 12.0 Å². The molecule has 2 saturated heterocycles. The molecule has 1 atom stereocenters. The van der Waals surface area contributed by atoms with E-state index in [4.69, 9.17) is 9.47 Å². The third-order valence-electron chi connectivity index (χ3n) is 5.23. The smallest absolute Gasteiger partial charge is 0.223 e. The first-order valence-corrected chi connectivity index (χ1v) is 9.52. The van der Waals surface area contributed by atoms with Crippen molar-refractivity contribution < 1.29 is 19.4 Å². The number of ether oxygens (including phenoxy) is 2. The summed E-state index contributed by atoms with van der Waals surface area (Å²) in [6.07, 6.45) is 3.39. The van der Waals surface area contributed by atoms with Gasteiger partial charge in [0.25, 0.3) is 0 Å². The number of methoxy groups -OCH3 is 1. The molecule has 0 aliphatic carbocycles. The molecule has 3 rings (SSSR count). The second-order valence-corrected chi connectivity index (χ2v) is 7.39. The highest BCUT2D eigenvalue weighted by Gasteiger charge is 2.36. The molecule has 6 heteroatoms. The standard InChI is InChI=1S/C20H30N2O4/c1-25-18-7-3-2-6-17(18)8-9-19(23)22-12-13-26-16-20(24,15-22)14-21-10-4-5-11-21/h2-3,6-7,24H,4-5,8-16H2,1H3. The molecule has 1 amide bonds. The number of carbonyl (C=O) groups excluding carboxylic acids is 1. The molecule has 1 unspecified atom stereocenters. The molecule has 2 heterocycles. The number of rotatable bonds is 6. The molecule has 2 aliphatic rings. The molecule has 0 aromatic heterocycles. The first-order chi connectivity index (χ1) is 12.6. The number of carbonyl (C=O) groups is 1. The number of amides is 1. The molecule has 144 valence electrons. The Bertz CT molecular complexity index is 603. The third kappa shape index (κ3) is 4.96. The van der Waals surface area contributed by atoms with Gasteiger partial charge in [-0.15, -0.1) is 0 Å². The van der Waals surface area contributed by atoms with Crippen molar-refractivity contribution in [1.29, 1.82) is 0 Å². The van der Waals surface area contributed by atoms with E-state index in [-0.39, 0.29) is 5.91 Å². The van der Waals surface area contributed by atoms with E-state index in [2.05, 4.69) is 4.90 Å². The number of aliphatic hydroxyl groups is 1. The first kappa shape index (κ1) is 19.1. The quantitative estimate of drug-likeness (QED) is 0.827. The lowest BCUT2D eigenvalue weighted by Gasteiger charge is -2.34. The number of nitrogens with zero attached hydrogens (tertiary/aromatic N) is 2. The molecule has 2 fully saturated rings. The van der Waals surface area contributed by atoms with Gasteiger partial charge in [-0.3, -0.25) is 4.79 Å². The van der Waals surface area contributed by atoms with Gasteiger partial charge in [-0.2, -0.15) is 0 Å². The molecule has 1 aromatic carbocycles. The van der Waals surface area contributed by atoms with E-state index in [0.717, 1.165) is 24.4 Å². The normalized spacial score (nSPS) is 24.5. The summed E-state index contributed by atoms with van der Waals surface area (Å²) < 4.78 is 11.0. The maximum absolute atomic E-state index is 12.8. The zero-order valence-corrected chi connectivity index (χ0v) is 15.7. The van der Waals surface area contributed by atoms with Gasteiger partial charge in [-0.1, -0.05) is 18.2 Å². The SMILES string of the molecule is COc1ccccc1CCC(=O)N1CCOCC(O)(CN2CCCC2)C1. The number of hydrogen-bond donors (Lipinski definition) is 1. The van der Waals surface area contributed by atoms with Crippen molar-refractivity contribution in [1.82, 2.24) is 9.80 Å². The van der Waals surface area contributed by atoms with Crippen LogP contribution in [-0.2, 0) is 16.0 Å². The van der Waals surface area contributed by atoms with Gasteiger partial charge >= 0.3 is 0 Å². The summed E-state index contributed by atoms with van der Waals surface area (Å²) in [7, 11) is 1.64. The molecular formula is C20H30N2O4. The van der Waals surface area contributed by atoms with Crippen molar-refractivity contribution in [3.63, 3.8) is 0 Å². The summed E-state index contributed by atoms with van der Waals surface area (Å²) >= 11 is 0. The zero-order chi connectivity index (χ0) is 18.4. The lowest BCUT2D eigenvalue weighted by molar-refractivity contribution is -0.134. The minimum Gasteiger partial charge on any atom is -0.496 e. The highest BCUT2D eigenvalue weighted by Crippen LogP contribution is 2.21. The number of aryl methyl sites for hydroxylation is 1. The van der Waals surface area contributed by atoms with Crippen molar-refractivity contribution in [2.75, 3.05) is 53.0 Å². The lowest BCUT2D eigenvalue weighted by atomic mass is 10.0. The van der Waals surface area contributed by atoms with Gasteiger partial charge in [0.15, 0.2) is 0 Å². The van der Waals surface area contributed by atoms with Crippen LogP contribution in [0, 0.1) is 0 Å². The van der Waals surface area contributed by atoms with Gasteiger partial charge in [-0.25, -0.2) is 0 Å². The van der Waals surface area contributed by atoms with Crippen LogP contribution in [0.2, 0.25) is 0 Å². The third-order valence-corrected chi connectivity index (χ3v) is 5.23. The Labute approximate surface area is 155 Å². The molecule has 2 aliphatic heterocycles. The summed E-state index contributed by atoms with van der Waals surface area (Å²) in [6, 6.07) is 7.78. The van der Waals surface area contributed by atoms with E-state index >= 15 is 0 Å². The van der Waals surface area contributed by atoms with Gasteiger partial charge in [0.05, 0.1) is 26.9 Å². The van der Waals surface area contributed by atoms with Crippen LogP contribution in [0.3, 0.4) is 0 Å². The van der Waals surface area contributed by atoms with E-state index in [1.807, 2.05) is 24.3 Å². The maximum Gasteiger partial charge on any atom is 0.223 e. The summed E-state index contributed by atoms with van der Waals surface area (Å²) in [5, 5.41) is 11.0. The minimum absolute atomic E-state index is 0.0567. The van der Waals surface area contributed by atoms with Crippen LogP contribution >= 0.6 is 0 Å². The fourth-order valence-electron chi connectivity index (χ4n) is 3.89. The summed E-state index contributed by atoms with van der Waals surface area (Å²) in [6.45, 7) is 4.25. The Hall–Kier alpha value is -1.63. The Kier molecular flexibility index (Phi) is 6.51. The van der Waals surface area contributed by atoms with Gasteiger partial charge in [0, 0.05) is 19.5 Å². The van der Waals surface area contributed by atoms with Crippen LogP contribution in [0.5, 0.6) is 5.75 Å². The average Bonchev–Trinajstić information content (AvgIpc) is 3.07. The topological polar surface area (TPSA) is 62.2 Å². The monoisotopic (exact) mass is 362 g/mol. The minimum atomic E-state index is -0.985.